The number of hydrogen-bond donors (Lipinski definition) is 0. The van der Waals surface area contributed by atoms with E-state index >= 15 is 0 Å². The number of rotatable bonds is 6. The first kappa shape index (κ1) is 20.0. The van der Waals surface area contributed by atoms with Crippen molar-refractivity contribution >= 4 is 12.0 Å². The first-order valence-corrected chi connectivity index (χ1v) is 8.87. The molecule has 0 radical (unpaired) electrons. The summed E-state index contributed by atoms with van der Waals surface area (Å²) in [5.74, 6) is 0.932. The highest BCUT2D eigenvalue weighted by molar-refractivity contribution is 5.87. The van der Waals surface area contributed by atoms with Crippen LogP contribution in [-0.2, 0) is 14.3 Å². The van der Waals surface area contributed by atoms with E-state index in [0.29, 0.717) is 31.3 Å². The summed E-state index contributed by atoms with van der Waals surface area (Å²) in [6.07, 6.45) is 4.93. The molecule has 1 aliphatic heterocycles. The monoisotopic (exact) mass is 360 g/mol. The van der Waals surface area contributed by atoms with E-state index in [4.69, 9.17) is 18.9 Å². The minimum absolute atomic E-state index is 0.205. The third kappa shape index (κ3) is 5.63. The number of carbonyl (C=O) groups is 1. The molecule has 0 saturated carbocycles. The molecule has 1 heterocycles. The molecule has 1 atom stereocenters. The Morgan fingerprint density at radius 2 is 2.08 bits per heavy atom. The van der Waals surface area contributed by atoms with Crippen LogP contribution in [-0.4, -0.2) is 37.5 Å². The summed E-state index contributed by atoms with van der Waals surface area (Å²) in [6.45, 7) is 11.1. The van der Waals surface area contributed by atoms with Crippen molar-refractivity contribution in [3.8, 4) is 11.5 Å². The topological polar surface area (TPSA) is 54.0 Å². The van der Waals surface area contributed by atoms with Crippen LogP contribution in [0.3, 0.4) is 0 Å². The lowest BCUT2D eigenvalue weighted by molar-refractivity contribution is -0.137. The van der Waals surface area contributed by atoms with E-state index in [2.05, 4.69) is 0 Å². The predicted molar refractivity (Wildman–Crippen MR) is 101 cm³/mol. The highest BCUT2D eigenvalue weighted by atomic mass is 16.6. The van der Waals surface area contributed by atoms with Gasteiger partial charge in [0.1, 0.15) is 18.3 Å². The van der Waals surface area contributed by atoms with Gasteiger partial charge in [-0.1, -0.05) is 17.7 Å². The average molecular weight is 360 g/mol. The molecule has 1 aromatic rings. The largest absolute Gasteiger partial charge is 0.487 e. The molecule has 0 unspecified atom stereocenters. The van der Waals surface area contributed by atoms with Gasteiger partial charge in [0.15, 0.2) is 11.5 Å². The normalized spacial score (nSPS) is 18.3. The lowest BCUT2D eigenvalue weighted by Gasteiger charge is -2.31. The van der Waals surface area contributed by atoms with Crippen molar-refractivity contribution in [1.29, 1.82) is 0 Å². The molecule has 0 N–H and O–H groups in total. The maximum Gasteiger partial charge on any atom is 0.330 e. The van der Waals surface area contributed by atoms with E-state index in [1.54, 1.807) is 13.0 Å². The summed E-state index contributed by atoms with van der Waals surface area (Å²) in [7, 11) is 0. The minimum Gasteiger partial charge on any atom is -0.487 e. The number of esters is 1. The van der Waals surface area contributed by atoms with Gasteiger partial charge in [-0.2, -0.15) is 0 Å². The molecule has 0 aliphatic carbocycles. The van der Waals surface area contributed by atoms with Crippen molar-refractivity contribution in [3.63, 3.8) is 0 Å². The molecule has 0 amide bonds. The predicted octanol–water partition coefficient (Wildman–Crippen LogP) is 4.16. The third-order valence-electron chi connectivity index (χ3n) is 3.99. The molecule has 1 aliphatic rings. The van der Waals surface area contributed by atoms with Crippen molar-refractivity contribution in [2.45, 2.75) is 46.3 Å². The zero-order valence-corrected chi connectivity index (χ0v) is 16.2. The van der Waals surface area contributed by atoms with Crippen molar-refractivity contribution < 1.29 is 23.7 Å². The molecule has 0 fully saturated rings. The molecule has 0 spiro atoms. The van der Waals surface area contributed by atoms with E-state index in [-0.39, 0.29) is 12.1 Å². The molecule has 26 heavy (non-hydrogen) atoms. The minimum atomic E-state index is -0.551. The Labute approximate surface area is 155 Å². The van der Waals surface area contributed by atoms with Gasteiger partial charge in [0.05, 0.1) is 13.2 Å². The van der Waals surface area contributed by atoms with Crippen molar-refractivity contribution in [3.05, 3.63) is 41.5 Å². The molecule has 5 nitrogen and oxygen atoms in total. The average Bonchev–Trinajstić information content (AvgIpc) is 2.68. The molecular weight excluding hydrogens is 332 g/mol. The van der Waals surface area contributed by atoms with Crippen LogP contribution in [0.4, 0.5) is 0 Å². The molecular formula is C21H28O5. The third-order valence-corrected chi connectivity index (χ3v) is 3.99. The van der Waals surface area contributed by atoms with Crippen molar-refractivity contribution in [1.82, 2.24) is 0 Å². The molecule has 5 heteroatoms. The van der Waals surface area contributed by atoms with Crippen molar-refractivity contribution in [2.75, 3.05) is 19.8 Å². The van der Waals surface area contributed by atoms with Gasteiger partial charge < -0.3 is 18.9 Å². The smallest absolute Gasteiger partial charge is 0.330 e. The van der Waals surface area contributed by atoms with Crippen molar-refractivity contribution in [2.24, 2.45) is 0 Å². The molecule has 142 valence electrons. The summed E-state index contributed by atoms with van der Waals surface area (Å²) < 4.78 is 22.9. The van der Waals surface area contributed by atoms with Crippen LogP contribution in [0.2, 0.25) is 0 Å². The zero-order chi connectivity index (χ0) is 19.2. The van der Waals surface area contributed by atoms with Crippen LogP contribution >= 0.6 is 0 Å². The standard InChI is InChI=1S/C21H28O5/c1-6-23-20(22)10-8-16-7-9-17-18(13-16)26-21(4,5)19(14-25-17)24-12-11-15(2)3/h7-11,13,19H,6,12,14H2,1-5H3/b10-8+/t19-/m0/s1. The molecule has 0 bridgehead atoms. The van der Waals surface area contributed by atoms with Gasteiger partial charge >= 0.3 is 5.97 Å². The Balaban J connectivity index is 2.13. The lowest BCUT2D eigenvalue weighted by atomic mass is 10.0. The molecule has 1 aromatic carbocycles. The lowest BCUT2D eigenvalue weighted by Crippen LogP contribution is -2.45. The second-order valence-corrected chi connectivity index (χ2v) is 6.91. The second kappa shape index (κ2) is 8.90. The number of carbonyl (C=O) groups excluding carboxylic acids is 1. The first-order valence-electron chi connectivity index (χ1n) is 8.87. The summed E-state index contributed by atoms with van der Waals surface area (Å²) in [5.41, 5.74) is 1.49. The Hall–Kier alpha value is -2.27. The molecule has 0 saturated heterocycles. The quantitative estimate of drug-likeness (QED) is 0.433. The van der Waals surface area contributed by atoms with Crippen LogP contribution in [0, 0.1) is 0 Å². The maximum absolute atomic E-state index is 11.5. The fourth-order valence-electron chi connectivity index (χ4n) is 2.48. The fraction of sp³-hybridized carbons (Fsp3) is 0.476. The Bertz CT molecular complexity index is 684. The molecule has 0 aromatic heterocycles. The highest BCUT2D eigenvalue weighted by Gasteiger charge is 2.36. The van der Waals surface area contributed by atoms with E-state index in [9.17, 15) is 4.79 Å². The number of allylic oxidation sites excluding steroid dienone is 1. The first-order chi connectivity index (χ1) is 12.3. The van der Waals surface area contributed by atoms with E-state index in [1.165, 1.54) is 11.6 Å². The summed E-state index contributed by atoms with van der Waals surface area (Å²) in [4.78, 5) is 11.5. The van der Waals surface area contributed by atoms with Crippen LogP contribution in [0.1, 0.15) is 40.2 Å². The number of benzene rings is 1. The SMILES string of the molecule is CCOC(=O)/C=C/c1ccc2c(c1)OC(C)(C)[C@@H](OCC=C(C)C)CO2. The summed E-state index contributed by atoms with van der Waals surface area (Å²) >= 11 is 0. The second-order valence-electron chi connectivity index (χ2n) is 6.91. The number of hydrogen-bond acceptors (Lipinski definition) is 5. The van der Waals surface area contributed by atoms with Gasteiger partial charge in [-0.05, 0) is 58.4 Å². The Kier molecular flexibility index (Phi) is 6.86. The van der Waals surface area contributed by atoms with Crippen LogP contribution < -0.4 is 9.47 Å². The highest BCUT2D eigenvalue weighted by Crippen LogP contribution is 2.36. The Morgan fingerprint density at radius 3 is 2.77 bits per heavy atom. The van der Waals surface area contributed by atoms with Gasteiger partial charge in [0.2, 0.25) is 0 Å². The number of fused-ring (bicyclic) bond motifs is 1. The number of ether oxygens (including phenoxy) is 4. The molecule has 2 rings (SSSR count). The fourth-order valence-corrected chi connectivity index (χ4v) is 2.48. The van der Waals surface area contributed by atoms with E-state index < -0.39 is 5.60 Å². The van der Waals surface area contributed by atoms with Crippen LogP contribution in [0.15, 0.2) is 35.9 Å². The Morgan fingerprint density at radius 1 is 1.31 bits per heavy atom. The van der Waals surface area contributed by atoms with Gasteiger partial charge in [-0.3, -0.25) is 0 Å². The van der Waals surface area contributed by atoms with E-state index in [0.717, 1.165) is 5.56 Å². The summed E-state index contributed by atoms with van der Waals surface area (Å²) in [5, 5.41) is 0. The van der Waals surface area contributed by atoms with E-state index in [1.807, 2.05) is 52.0 Å². The summed E-state index contributed by atoms with van der Waals surface area (Å²) in [6, 6.07) is 5.56. The van der Waals surface area contributed by atoms with Crippen LogP contribution in [0.25, 0.3) is 6.08 Å². The van der Waals surface area contributed by atoms with Crippen LogP contribution in [0.5, 0.6) is 11.5 Å². The van der Waals surface area contributed by atoms with Gasteiger partial charge in [-0.15, -0.1) is 0 Å². The maximum atomic E-state index is 11.5. The van der Waals surface area contributed by atoms with Gasteiger partial charge in [0.25, 0.3) is 0 Å². The zero-order valence-electron chi connectivity index (χ0n) is 16.2. The van der Waals surface area contributed by atoms with Gasteiger partial charge in [-0.25, -0.2) is 4.79 Å². The van der Waals surface area contributed by atoms with Gasteiger partial charge in [0, 0.05) is 6.08 Å².